The summed E-state index contributed by atoms with van der Waals surface area (Å²) < 4.78 is 0.873. The molecule has 1 N–H and O–H groups in total. The molecule has 1 aliphatic carbocycles. The van der Waals surface area contributed by atoms with Gasteiger partial charge in [0.25, 0.3) is 5.91 Å². The van der Waals surface area contributed by atoms with Crippen molar-refractivity contribution in [3.8, 4) is 0 Å². The zero-order valence-electron chi connectivity index (χ0n) is 8.55. The molecule has 1 aliphatic rings. The lowest BCUT2D eigenvalue weighted by molar-refractivity contribution is -0.120. The first-order chi connectivity index (χ1) is 7.48. The van der Waals surface area contributed by atoms with E-state index >= 15 is 0 Å². The van der Waals surface area contributed by atoms with Crippen molar-refractivity contribution in [3.05, 3.63) is 39.2 Å². The number of nitroso groups, excluding NO2 is 1. The molecular weight excluding hydrogens is 274 g/mol. The van der Waals surface area contributed by atoms with Crippen molar-refractivity contribution < 1.29 is 9.90 Å². The normalized spacial score (nSPS) is 32.2. The number of hydrogen-bond acceptors (Lipinski definition) is 3. The summed E-state index contributed by atoms with van der Waals surface area (Å²) in [5.74, 6) is -1.83. The number of benzene rings is 1. The molecule has 0 aliphatic heterocycles. The number of hydrogen-bond donors (Lipinski definition) is 1. The average Bonchev–Trinajstić information content (AvgIpc) is 2.80. The highest BCUT2D eigenvalue weighted by Gasteiger charge is 2.65. The fraction of sp³-hybridized carbons (Fsp3) is 0.364. The van der Waals surface area contributed by atoms with Gasteiger partial charge in [-0.3, -0.25) is 4.79 Å². The molecule has 1 fully saturated rings. The Balaban J connectivity index is 2.31. The van der Waals surface area contributed by atoms with E-state index < -0.39 is 17.4 Å². The molecule has 0 radical (unpaired) electrons. The second-order valence-corrected chi connectivity index (χ2v) is 5.08. The molecule has 1 amide bonds. The minimum atomic E-state index is -1.16. The van der Waals surface area contributed by atoms with E-state index in [0.29, 0.717) is 0 Å². The first-order valence-corrected chi connectivity index (χ1v) is 5.63. The summed E-state index contributed by atoms with van der Waals surface area (Å²) in [6.07, 6.45) is 0. The van der Waals surface area contributed by atoms with E-state index in [1.807, 2.05) is 24.3 Å². The summed E-state index contributed by atoms with van der Waals surface area (Å²) in [7, 11) is 0. The Morgan fingerprint density at radius 3 is 2.81 bits per heavy atom. The predicted molar refractivity (Wildman–Crippen MR) is 61.8 cm³/mol. The van der Waals surface area contributed by atoms with Crippen molar-refractivity contribution >= 4 is 21.8 Å². The second-order valence-electron chi connectivity index (χ2n) is 4.17. The maximum absolute atomic E-state index is 11.2. The summed E-state index contributed by atoms with van der Waals surface area (Å²) in [4.78, 5) is 21.4. The van der Waals surface area contributed by atoms with Gasteiger partial charge < -0.3 is 5.11 Å². The second kappa shape index (κ2) is 3.75. The van der Waals surface area contributed by atoms with E-state index in [9.17, 15) is 14.8 Å². The van der Waals surface area contributed by atoms with Crippen LogP contribution in [0.3, 0.4) is 0 Å². The van der Waals surface area contributed by atoms with E-state index in [1.54, 1.807) is 6.92 Å². The van der Waals surface area contributed by atoms with Crippen molar-refractivity contribution in [1.82, 2.24) is 0 Å². The van der Waals surface area contributed by atoms with Gasteiger partial charge in [0.1, 0.15) is 0 Å². The van der Waals surface area contributed by atoms with Crippen LogP contribution in [0.1, 0.15) is 18.4 Å². The van der Waals surface area contributed by atoms with Crippen LogP contribution in [0, 0.1) is 10.8 Å². The highest BCUT2D eigenvalue weighted by molar-refractivity contribution is 9.10. The first kappa shape index (κ1) is 11.4. The molecule has 0 heterocycles. The Kier molecular flexibility index (Phi) is 2.67. The molecular formula is C11H10BrNO3. The number of rotatable bonds is 2. The number of aliphatic hydroxyl groups is 1. The fourth-order valence-electron chi connectivity index (χ4n) is 2.18. The van der Waals surface area contributed by atoms with Gasteiger partial charge in [-0.05, 0) is 24.6 Å². The molecule has 0 saturated heterocycles. The molecule has 2 rings (SSSR count). The summed E-state index contributed by atoms with van der Waals surface area (Å²) >= 11 is 3.32. The summed E-state index contributed by atoms with van der Waals surface area (Å²) in [6.45, 7) is 1.55. The minimum Gasteiger partial charge on any atom is -0.389 e. The first-order valence-electron chi connectivity index (χ1n) is 4.83. The van der Waals surface area contributed by atoms with Crippen LogP contribution in [0.4, 0.5) is 0 Å². The zero-order chi connectivity index (χ0) is 11.9. The van der Waals surface area contributed by atoms with Crippen molar-refractivity contribution in [2.45, 2.75) is 18.4 Å². The van der Waals surface area contributed by atoms with Gasteiger partial charge in [0, 0.05) is 15.6 Å². The highest BCUT2D eigenvalue weighted by atomic mass is 79.9. The van der Waals surface area contributed by atoms with Gasteiger partial charge in [-0.2, -0.15) is 0 Å². The standard InChI is InChI=1S/C11H10BrNO3/c1-11(15)8(9(11)10(14)13-16)6-3-2-4-7(12)5-6/h2-5,8-9,15H,1H3. The van der Waals surface area contributed by atoms with E-state index in [-0.39, 0.29) is 5.92 Å². The Morgan fingerprint density at radius 2 is 2.25 bits per heavy atom. The maximum Gasteiger partial charge on any atom is 0.293 e. The van der Waals surface area contributed by atoms with Crippen LogP contribution in [0.15, 0.2) is 33.9 Å². The van der Waals surface area contributed by atoms with Gasteiger partial charge in [0.05, 0.1) is 11.5 Å². The lowest BCUT2D eigenvalue weighted by Gasteiger charge is -2.02. The van der Waals surface area contributed by atoms with Crippen LogP contribution in [-0.4, -0.2) is 16.6 Å². The molecule has 1 aromatic carbocycles. The van der Waals surface area contributed by atoms with E-state index in [4.69, 9.17) is 0 Å². The lowest BCUT2D eigenvalue weighted by Crippen LogP contribution is -2.09. The van der Waals surface area contributed by atoms with Crippen LogP contribution >= 0.6 is 15.9 Å². The van der Waals surface area contributed by atoms with Crippen LogP contribution in [-0.2, 0) is 4.79 Å². The summed E-state index contributed by atoms with van der Waals surface area (Å²) in [5.41, 5.74) is -0.326. The van der Waals surface area contributed by atoms with Crippen molar-refractivity contribution in [1.29, 1.82) is 0 Å². The van der Waals surface area contributed by atoms with Crippen LogP contribution in [0.5, 0.6) is 0 Å². The molecule has 0 aromatic heterocycles. The van der Waals surface area contributed by atoms with Gasteiger partial charge in [-0.1, -0.05) is 28.1 Å². The van der Waals surface area contributed by atoms with Crippen LogP contribution in [0.2, 0.25) is 0 Å². The zero-order valence-corrected chi connectivity index (χ0v) is 10.1. The SMILES string of the molecule is CC1(O)C(C(=O)N=O)C1c1cccc(Br)c1. The Bertz CT molecular complexity index is 458. The topological polar surface area (TPSA) is 66.7 Å². The molecule has 0 spiro atoms. The van der Waals surface area contributed by atoms with E-state index in [0.717, 1.165) is 10.0 Å². The molecule has 0 bridgehead atoms. The van der Waals surface area contributed by atoms with Crippen LogP contribution in [0.25, 0.3) is 0 Å². The number of halogens is 1. The Labute approximate surface area is 101 Å². The molecule has 5 heteroatoms. The molecule has 16 heavy (non-hydrogen) atoms. The summed E-state index contributed by atoms with van der Waals surface area (Å²) in [6, 6.07) is 7.33. The number of carbonyl (C=O) groups excluding carboxylic acids is 1. The quantitative estimate of drug-likeness (QED) is 0.847. The lowest BCUT2D eigenvalue weighted by atomic mass is 10.1. The van der Waals surface area contributed by atoms with Gasteiger partial charge in [-0.15, -0.1) is 4.91 Å². The Morgan fingerprint density at radius 1 is 1.56 bits per heavy atom. The number of carbonyl (C=O) groups is 1. The maximum atomic E-state index is 11.2. The third-order valence-electron chi connectivity index (χ3n) is 3.05. The van der Waals surface area contributed by atoms with Crippen molar-refractivity contribution in [2.24, 2.45) is 11.1 Å². The highest BCUT2D eigenvalue weighted by Crippen LogP contribution is 2.58. The number of nitrogens with zero attached hydrogens (tertiary/aromatic N) is 1. The van der Waals surface area contributed by atoms with E-state index in [1.165, 1.54) is 0 Å². The molecule has 3 atom stereocenters. The Hall–Kier alpha value is -1.07. The third kappa shape index (κ3) is 1.70. The van der Waals surface area contributed by atoms with Gasteiger partial charge in [0.2, 0.25) is 0 Å². The summed E-state index contributed by atoms with van der Waals surface area (Å²) in [5, 5.41) is 12.3. The largest absolute Gasteiger partial charge is 0.389 e. The molecule has 84 valence electrons. The van der Waals surface area contributed by atoms with Gasteiger partial charge in [0.15, 0.2) is 0 Å². The molecule has 4 nitrogen and oxygen atoms in total. The predicted octanol–water partition coefficient (Wildman–Crippen LogP) is 2.21. The molecule has 3 unspecified atom stereocenters. The minimum absolute atomic E-state index is 0.338. The monoisotopic (exact) mass is 283 g/mol. The molecule has 1 saturated carbocycles. The van der Waals surface area contributed by atoms with Crippen LogP contribution < -0.4 is 0 Å². The third-order valence-corrected chi connectivity index (χ3v) is 3.54. The number of amides is 1. The van der Waals surface area contributed by atoms with Gasteiger partial charge in [-0.25, -0.2) is 0 Å². The molecule has 1 aromatic rings. The van der Waals surface area contributed by atoms with Crippen molar-refractivity contribution in [3.63, 3.8) is 0 Å². The average molecular weight is 284 g/mol. The van der Waals surface area contributed by atoms with Crippen molar-refractivity contribution in [2.75, 3.05) is 0 Å². The van der Waals surface area contributed by atoms with Gasteiger partial charge >= 0.3 is 0 Å². The fourth-order valence-corrected chi connectivity index (χ4v) is 2.60. The smallest absolute Gasteiger partial charge is 0.293 e. The van der Waals surface area contributed by atoms with E-state index in [2.05, 4.69) is 21.1 Å².